The Hall–Kier alpha value is -1.06. The standard InChI is InChI=1S/C15H25NO2/c1-4-15(12-17,16-3)9-6-10-18-14-8-5-7-13(2)11-14/h5,7-8,11,16-17H,4,6,9-10,12H2,1-3H3. The molecular formula is C15H25NO2. The SMILES string of the molecule is CCC(CO)(CCCOc1cccc(C)c1)NC. The van der Waals surface area contributed by atoms with Gasteiger partial charge in [-0.2, -0.15) is 0 Å². The van der Waals surface area contributed by atoms with Crippen LogP contribution in [0.15, 0.2) is 24.3 Å². The summed E-state index contributed by atoms with van der Waals surface area (Å²) in [5, 5.41) is 12.6. The molecule has 0 saturated heterocycles. The molecule has 3 nitrogen and oxygen atoms in total. The molecule has 1 aromatic rings. The van der Waals surface area contributed by atoms with Crippen LogP contribution in [-0.4, -0.2) is 30.9 Å². The monoisotopic (exact) mass is 251 g/mol. The van der Waals surface area contributed by atoms with Crippen LogP contribution in [-0.2, 0) is 0 Å². The van der Waals surface area contributed by atoms with Crippen LogP contribution < -0.4 is 10.1 Å². The van der Waals surface area contributed by atoms with E-state index < -0.39 is 0 Å². The number of likely N-dealkylation sites (N-methyl/N-ethyl adjacent to an activating group) is 1. The van der Waals surface area contributed by atoms with Crippen molar-refractivity contribution in [2.45, 2.75) is 38.6 Å². The van der Waals surface area contributed by atoms with Crippen molar-refractivity contribution in [1.82, 2.24) is 5.32 Å². The van der Waals surface area contributed by atoms with Crippen LogP contribution in [0.25, 0.3) is 0 Å². The topological polar surface area (TPSA) is 41.5 Å². The molecule has 0 fully saturated rings. The van der Waals surface area contributed by atoms with Crippen molar-refractivity contribution in [2.24, 2.45) is 0 Å². The molecule has 1 aromatic carbocycles. The Labute approximate surface area is 110 Å². The molecule has 0 heterocycles. The third-order valence-electron chi connectivity index (χ3n) is 3.57. The molecule has 0 radical (unpaired) electrons. The predicted molar refractivity (Wildman–Crippen MR) is 75.1 cm³/mol. The van der Waals surface area contributed by atoms with Gasteiger partial charge in [0, 0.05) is 5.54 Å². The van der Waals surface area contributed by atoms with Gasteiger partial charge in [-0.05, 0) is 50.9 Å². The summed E-state index contributed by atoms with van der Waals surface area (Å²) < 4.78 is 5.71. The first-order valence-electron chi connectivity index (χ1n) is 6.65. The van der Waals surface area contributed by atoms with E-state index in [2.05, 4.69) is 25.2 Å². The Bertz CT molecular complexity index is 340. The van der Waals surface area contributed by atoms with Gasteiger partial charge in [-0.25, -0.2) is 0 Å². The van der Waals surface area contributed by atoms with Gasteiger partial charge in [0.05, 0.1) is 13.2 Å². The molecule has 1 rings (SSSR count). The van der Waals surface area contributed by atoms with Gasteiger partial charge in [0.25, 0.3) is 0 Å². The van der Waals surface area contributed by atoms with Crippen molar-refractivity contribution in [2.75, 3.05) is 20.3 Å². The Kier molecular flexibility index (Phi) is 6.16. The number of aliphatic hydroxyl groups is 1. The number of hydrogen-bond acceptors (Lipinski definition) is 3. The first-order valence-corrected chi connectivity index (χ1v) is 6.65. The average Bonchev–Trinajstić information content (AvgIpc) is 2.40. The van der Waals surface area contributed by atoms with Gasteiger partial charge in [-0.15, -0.1) is 0 Å². The Morgan fingerprint density at radius 1 is 1.39 bits per heavy atom. The summed E-state index contributed by atoms with van der Waals surface area (Å²) in [6, 6.07) is 8.07. The van der Waals surface area contributed by atoms with E-state index in [0.29, 0.717) is 6.61 Å². The first kappa shape index (κ1) is 15.0. The normalized spacial score (nSPS) is 14.2. The van der Waals surface area contributed by atoms with Crippen molar-refractivity contribution < 1.29 is 9.84 Å². The zero-order valence-electron chi connectivity index (χ0n) is 11.7. The summed E-state index contributed by atoms with van der Waals surface area (Å²) in [5.41, 5.74) is 1.05. The molecule has 3 heteroatoms. The van der Waals surface area contributed by atoms with Crippen molar-refractivity contribution in [3.05, 3.63) is 29.8 Å². The average molecular weight is 251 g/mol. The van der Waals surface area contributed by atoms with Gasteiger partial charge in [0.15, 0.2) is 0 Å². The minimum atomic E-state index is -0.157. The molecule has 18 heavy (non-hydrogen) atoms. The van der Waals surface area contributed by atoms with Crippen molar-refractivity contribution >= 4 is 0 Å². The maximum absolute atomic E-state index is 9.43. The van der Waals surface area contributed by atoms with Gasteiger partial charge in [0.2, 0.25) is 0 Å². The largest absolute Gasteiger partial charge is 0.494 e. The highest BCUT2D eigenvalue weighted by atomic mass is 16.5. The van der Waals surface area contributed by atoms with Gasteiger partial charge in [-0.3, -0.25) is 0 Å². The van der Waals surface area contributed by atoms with Crippen molar-refractivity contribution in [3.63, 3.8) is 0 Å². The molecule has 0 aliphatic heterocycles. The molecule has 0 aromatic heterocycles. The quantitative estimate of drug-likeness (QED) is 0.698. The minimum Gasteiger partial charge on any atom is -0.494 e. The lowest BCUT2D eigenvalue weighted by Gasteiger charge is -2.30. The fourth-order valence-corrected chi connectivity index (χ4v) is 2.05. The molecule has 0 aliphatic carbocycles. The van der Waals surface area contributed by atoms with E-state index in [9.17, 15) is 5.11 Å². The van der Waals surface area contributed by atoms with Crippen LogP contribution in [0.4, 0.5) is 0 Å². The zero-order valence-corrected chi connectivity index (χ0v) is 11.7. The molecular weight excluding hydrogens is 226 g/mol. The first-order chi connectivity index (χ1) is 8.65. The molecule has 0 saturated carbocycles. The minimum absolute atomic E-state index is 0.157. The summed E-state index contributed by atoms with van der Waals surface area (Å²) in [6.07, 6.45) is 2.77. The predicted octanol–water partition coefficient (Wildman–Crippen LogP) is 2.51. The van der Waals surface area contributed by atoms with Crippen LogP contribution in [0, 0.1) is 6.92 Å². The second kappa shape index (κ2) is 7.39. The smallest absolute Gasteiger partial charge is 0.119 e. The van der Waals surface area contributed by atoms with Crippen LogP contribution in [0.5, 0.6) is 5.75 Å². The van der Waals surface area contributed by atoms with Gasteiger partial charge in [0.1, 0.15) is 5.75 Å². The molecule has 1 unspecified atom stereocenters. The summed E-state index contributed by atoms with van der Waals surface area (Å²) in [7, 11) is 1.90. The summed E-state index contributed by atoms with van der Waals surface area (Å²) in [4.78, 5) is 0. The van der Waals surface area contributed by atoms with Crippen LogP contribution in [0.3, 0.4) is 0 Å². The highest BCUT2D eigenvalue weighted by Gasteiger charge is 2.24. The maximum atomic E-state index is 9.43. The van der Waals surface area contributed by atoms with Crippen molar-refractivity contribution in [3.8, 4) is 5.75 Å². The second-order valence-corrected chi connectivity index (χ2v) is 4.81. The van der Waals surface area contributed by atoms with Gasteiger partial charge < -0.3 is 15.2 Å². The van der Waals surface area contributed by atoms with Gasteiger partial charge >= 0.3 is 0 Å². The third-order valence-corrected chi connectivity index (χ3v) is 3.57. The van der Waals surface area contributed by atoms with Crippen LogP contribution in [0.1, 0.15) is 31.7 Å². The van der Waals surface area contributed by atoms with Gasteiger partial charge in [-0.1, -0.05) is 19.1 Å². The number of aryl methyl sites for hydroxylation is 1. The Morgan fingerprint density at radius 2 is 2.17 bits per heavy atom. The van der Waals surface area contributed by atoms with E-state index in [1.165, 1.54) is 5.56 Å². The third kappa shape index (κ3) is 4.31. The number of benzene rings is 1. The van der Waals surface area contributed by atoms with Crippen LogP contribution >= 0.6 is 0 Å². The van der Waals surface area contributed by atoms with E-state index >= 15 is 0 Å². The highest BCUT2D eigenvalue weighted by molar-refractivity contribution is 5.27. The lowest BCUT2D eigenvalue weighted by molar-refractivity contribution is 0.145. The summed E-state index contributed by atoms with van der Waals surface area (Å²) >= 11 is 0. The molecule has 0 bridgehead atoms. The molecule has 0 spiro atoms. The highest BCUT2D eigenvalue weighted by Crippen LogP contribution is 2.17. The maximum Gasteiger partial charge on any atom is 0.119 e. The molecule has 2 N–H and O–H groups in total. The fourth-order valence-electron chi connectivity index (χ4n) is 2.05. The second-order valence-electron chi connectivity index (χ2n) is 4.81. The Morgan fingerprint density at radius 3 is 2.72 bits per heavy atom. The van der Waals surface area contributed by atoms with E-state index in [4.69, 9.17) is 4.74 Å². The van der Waals surface area contributed by atoms with E-state index in [-0.39, 0.29) is 12.1 Å². The molecule has 102 valence electrons. The van der Waals surface area contributed by atoms with E-state index in [0.717, 1.165) is 25.0 Å². The molecule has 0 amide bonds. The lowest BCUT2D eigenvalue weighted by Crippen LogP contribution is -2.46. The zero-order chi connectivity index (χ0) is 13.4. The molecule has 0 aliphatic rings. The number of ether oxygens (including phenoxy) is 1. The number of rotatable bonds is 8. The summed E-state index contributed by atoms with van der Waals surface area (Å²) in [6.45, 7) is 5.01. The van der Waals surface area contributed by atoms with Crippen LogP contribution in [0.2, 0.25) is 0 Å². The number of hydrogen-bond donors (Lipinski definition) is 2. The lowest BCUT2D eigenvalue weighted by atomic mass is 9.92. The Balaban J connectivity index is 2.34. The van der Waals surface area contributed by atoms with E-state index in [1.54, 1.807) is 0 Å². The summed E-state index contributed by atoms with van der Waals surface area (Å²) in [5.74, 6) is 0.922. The number of nitrogens with one attached hydrogen (secondary N) is 1. The fraction of sp³-hybridized carbons (Fsp3) is 0.600. The van der Waals surface area contributed by atoms with E-state index in [1.807, 2.05) is 25.2 Å². The number of aliphatic hydroxyl groups excluding tert-OH is 1. The van der Waals surface area contributed by atoms with Crippen molar-refractivity contribution in [1.29, 1.82) is 0 Å². The molecule has 1 atom stereocenters.